The maximum absolute atomic E-state index is 12.1. The lowest BCUT2D eigenvalue weighted by molar-refractivity contribution is -0.139. The van der Waals surface area contributed by atoms with Gasteiger partial charge in [-0.2, -0.15) is 0 Å². The SMILES string of the molecule is COCc1c(Br)cccc1NC(=O)CC(C)(C)CC(=O)O. The van der Waals surface area contributed by atoms with Crippen LogP contribution in [-0.4, -0.2) is 24.1 Å². The second-order valence-corrected chi connectivity index (χ2v) is 6.51. The van der Waals surface area contributed by atoms with E-state index in [-0.39, 0.29) is 18.7 Å². The summed E-state index contributed by atoms with van der Waals surface area (Å²) in [7, 11) is 1.58. The Kier molecular flexibility index (Phi) is 6.36. The van der Waals surface area contributed by atoms with Crippen LogP contribution in [0.3, 0.4) is 0 Å². The van der Waals surface area contributed by atoms with Gasteiger partial charge in [-0.3, -0.25) is 9.59 Å². The van der Waals surface area contributed by atoms with Crippen LogP contribution in [0.2, 0.25) is 0 Å². The summed E-state index contributed by atoms with van der Waals surface area (Å²) in [6, 6.07) is 5.49. The summed E-state index contributed by atoms with van der Waals surface area (Å²) >= 11 is 3.42. The van der Waals surface area contributed by atoms with Crippen LogP contribution in [0, 0.1) is 5.41 Å². The van der Waals surface area contributed by atoms with Crippen LogP contribution >= 0.6 is 15.9 Å². The molecule has 1 aromatic rings. The summed E-state index contributed by atoms with van der Waals surface area (Å²) in [5.41, 5.74) is 0.926. The highest BCUT2D eigenvalue weighted by atomic mass is 79.9. The number of nitrogens with one attached hydrogen (secondary N) is 1. The molecular weight excluding hydrogens is 338 g/mol. The third kappa shape index (κ3) is 5.85. The van der Waals surface area contributed by atoms with Crippen molar-refractivity contribution in [1.29, 1.82) is 0 Å². The number of carboxylic acid groups (broad SMARTS) is 1. The zero-order valence-corrected chi connectivity index (χ0v) is 14.0. The van der Waals surface area contributed by atoms with Gasteiger partial charge in [0.25, 0.3) is 0 Å². The largest absolute Gasteiger partial charge is 0.481 e. The van der Waals surface area contributed by atoms with Crippen LogP contribution in [0.15, 0.2) is 22.7 Å². The number of ether oxygens (including phenoxy) is 1. The molecule has 0 atom stereocenters. The number of methoxy groups -OCH3 is 1. The fourth-order valence-electron chi connectivity index (χ4n) is 2.07. The molecule has 6 heteroatoms. The van der Waals surface area contributed by atoms with E-state index in [0.29, 0.717) is 12.3 Å². The van der Waals surface area contributed by atoms with E-state index in [9.17, 15) is 9.59 Å². The van der Waals surface area contributed by atoms with Crippen molar-refractivity contribution in [1.82, 2.24) is 0 Å². The normalized spacial score (nSPS) is 11.2. The Bertz CT molecular complexity index is 528. The van der Waals surface area contributed by atoms with Gasteiger partial charge in [0.2, 0.25) is 5.91 Å². The summed E-state index contributed by atoms with van der Waals surface area (Å²) in [5, 5.41) is 11.7. The minimum Gasteiger partial charge on any atom is -0.481 e. The summed E-state index contributed by atoms with van der Waals surface area (Å²) in [5.74, 6) is -1.12. The van der Waals surface area contributed by atoms with Crippen molar-refractivity contribution < 1.29 is 19.4 Å². The van der Waals surface area contributed by atoms with E-state index in [1.807, 2.05) is 12.1 Å². The van der Waals surface area contributed by atoms with Gasteiger partial charge in [0.15, 0.2) is 0 Å². The van der Waals surface area contributed by atoms with Crippen LogP contribution in [0.4, 0.5) is 5.69 Å². The second kappa shape index (κ2) is 7.56. The Labute approximate surface area is 132 Å². The molecule has 0 unspecified atom stereocenters. The molecule has 0 saturated carbocycles. The summed E-state index contributed by atoms with van der Waals surface area (Å²) in [6.07, 6.45) is 0.0854. The van der Waals surface area contributed by atoms with Crippen molar-refractivity contribution in [3.05, 3.63) is 28.2 Å². The van der Waals surface area contributed by atoms with Gasteiger partial charge in [0, 0.05) is 29.3 Å². The van der Waals surface area contributed by atoms with E-state index >= 15 is 0 Å². The molecule has 0 heterocycles. The van der Waals surface area contributed by atoms with E-state index in [0.717, 1.165) is 10.0 Å². The summed E-state index contributed by atoms with van der Waals surface area (Å²) in [4.78, 5) is 22.9. The molecule has 0 saturated heterocycles. The minimum absolute atomic E-state index is 0.0518. The zero-order valence-electron chi connectivity index (χ0n) is 12.4. The molecule has 116 valence electrons. The number of aliphatic carboxylic acids is 1. The predicted octanol–water partition coefficient (Wildman–Crippen LogP) is 3.43. The van der Waals surface area contributed by atoms with Gasteiger partial charge in [-0.15, -0.1) is 0 Å². The topological polar surface area (TPSA) is 75.6 Å². The molecule has 1 amide bonds. The average molecular weight is 358 g/mol. The van der Waals surface area contributed by atoms with Crippen molar-refractivity contribution in [2.45, 2.75) is 33.3 Å². The average Bonchev–Trinajstić information content (AvgIpc) is 2.30. The van der Waals surface area contributed by atoms with Gasteiger partial charge >= 0.3 is 5.97 Å². The fourth-order valence-corrected chi connectivity index (χ4v) is 2.55. The number of halogens is 1. The monoisotopic (exact) mass is 357 g/mol. The third-order valence-corrected chi connectivity index (χ3v) is 3.69. The van der Waals surface area contributed by atoms with Gasteiger partial charge in [0.05, 0.1) is 13.0 Å². The molecule has 1 aromatic carbocycles. The number of rotatable bonds is 7. The highest BCUT2D eigenvalue weighted by molar-refractivity contribution is 9.10. The van der Waals surface area contributed by atoms with Crippen LogP contribution in [0.5, 0.6) is 0 Å². The predicted molar refractivity (Wildman–Crippen MR) is 84.1 cm³/mol. The van der Waals surface area contributed by atoms with E-state index in [1.54, 1.807) is 27.0 Å². The third-order valence-electron chi connectivity index (χ3n) is 2.95. The summed E-state index contributed by atoms with van der Waals surface area (Å²) < 4.78 is 5.98. The Morgan fingerprint density at radius 2 is 2.00 bits per heavy atom. The van der Waals surface area contributed by atoms with Crippen molar-refractivity contribution in [2.75, 3.05) is 12.4 Å². The molecule has 1 rings (SSSR count). The zero-order chi connectivity index (χ0) is 16.0. The number of carbonyl (C=O) groups excluding carboxylic acids is 1. The summed E-state index contributed by atoms with van der Waals surface area (Å²) in [6.45, 7) is 3.89. The highest BCUT2D eigenvalue weighted by Crippen LogP contribution is 2.28. The van der Waals surface area contributed by atoms with Gasteiger partial charge in [0.1, 0.15) is 0 Å². The van der Waals surface area contributed by atoms with Crippen LogP contribution < -0.4 is 5.32 Å². The van der Waals surface area contributed by atoms with E-state index in [2.05, 4.69) is 21.2 Å². The molecule has 0 aliphatic heterocycles. The number of hydrogen-bond donors (Lipinski definition) is 2. The van der Waals surface area contributed by atoms with Crippen molar-refractivity contribution in [3.63, 3.8) is 0 Å². The number of anilines is 1. The molecule has 0 spiro atoms. The van der Waals surface area contributed by atoms with Gasteiger partial charge < -0.3 is 15.2 Å². The quantitative estimate of drug-likeness (QED) is 0.783. The van der Waals surface area contributed by atoms with E-state index in [4.69, 9.17) is 9.84 Å². The Morgan fingerprint density at radius 3 is 2.57 bits per heavy atom. The highest BCUT2D eigenvalue weighted by Gasteiger charge is 2.25. The van der Waals surface area contributed by atoms with Crippen LogP contribution in [-0.2, 0) is 20.9 Å². The first-order valence-electron chi connectivity index (χ1n) is 6.53. The molecule has 0 aromatic heterocycles. The van der Waals surface area contributed by atoms with Crippen molar-refractivity contribution in [2.24, 2.45) is 5.41 Å². The first kappa shape index (κ1) is 17.7. The minimum atomic E-state index is -0.907. The van der Waals surface area contributed by atoms with Crippen LogP contribution in [0.1, 0.15) is 32.3 Å². The van der Waals surface area contributed by atoms with E-state index in [1.165, 1.54) is 0 Å². The molecule has 2 N–H and O–H groups in total. The number of amides is 1. The van der Waals surface area contributed by atoms with Crippen molar-refractivity contribution >= 4 is 33.5 Å². The van der Waals surface area contributed by atoms with Gasteiger partial charge in [-0.05, 0) is 17.5 Å². The van der Waals surface area contributed by atoms with Crippen LogP contribution in [0.25, 0.3) is 0 Å². The molecule has 5 nitrogen and oxygen atoms in total. The van der Waals surface area contributed by atoms with E-state index < -0.39 is 11.4 Å². The lowest BCUT2D eigenvalue weighted by Crippen LogP contribution is -2.25. The Morgan fingerprint density at radius 1 is 1.33 bits per heavy atom. The van der Waals surface area contributed by atoms with Gasteiger partial charge in [-0.25, -0.2) is 0 Å². The van der Waals surface area contributed by atoms with Crippen molar-refractivity contribution in [3.8, 4) is 0 Å². The standard InChI is InChI=1S/C15H20BrNO4/c1-15(2,8-14(19)20)7-13(18)17-12-6-4-5-11(16)10(12)9-21-3/h4-6H,7-9H2,1-3H3,(H,17,18)(H,19,20). The number of carboxylic acids is 1. The first-order chi connectivity index (χ1) is 9.75. The Hall–Kier alpha value is -1.40. The lowest BCUT2D eigenvalue weighted by Gasteiger charge is -2.22. The number of carbonyl (C=O) groups is 2. The maximum Gasteiger partial charge on any atom is 0.303 e. The second-order valence-electron chi connectivity index (χ2n) is 5.66. The first-order valence-corrected chi connectivity index (χ1v) is 7.32. The fraction of sp³-hybridized carbons (Fsp3) is 0.467. The number of hydrogen-bond acceptors (Lipinski definition) is 3. The van der Waals surface area contributed by atoms with Gasteiger partial charge in [-0.1, -0.05) is 35.8 Å². The molecule has 0 fully saturated rings. The molecular formula is C15H20BrNO4. The number of benzene rings is 1. The lowest BCUT2D eigenvalue weighted by atomic mass is 9.85. The Balaban J connectivity index is 2.80. The molecule has 21 heavy (non-hydrogen) atoms. The maximum atomic E-state index is 12.1. The molecule has 0 aliphatic carbocycles. The molecule has 0 radical (unpaired) electrons. The molecule has 0 bridgehead atoms. The smallest absolute Gasteiger partial charge is 0.303 e. The molecule has 0 aliphatic rings.